The van der Waals surface area contributed by atoms with Crippen LogP contribution in [0.1, 0.15) is 11.7 Å². The third-order valence-electron chi connectivity index (χ3n) is 2.40. The lowest BCUT2D eigenvalue weighted by Crippen LogP contribution is -2.21. The molecule has 92 valence electrons. The van der Waals surface area contributed by atoms with Crippen molar-refractivity contribution < 1.29 is 4.52 Å². The van der Waals surface area contributed by atoms with Gasteiger partial charge in [0, 0.05) is 10.7 Å². The van der Waals surface area contributed by atoms with Crippen LogP contribution < -0.4 is 5.69 Å². The topological polar surface area (TPSA) is 78.2 Å². The van der Waals surface area contributed by atoms with Crippen molar-refractivity contribution in [2.45, 2.75) is 13.5 Å². The maximum absolute atomic E-state index is 12.0. The fraction of sp³-hybridized carbons (Fsp3) is 0.200. The van der Waals surface area contributed by atoms with Gasteiger partial charge < -0.3 is 4.52 Å². The summed E-state index contributed by atoms with van der Waals surface area (Å²) in [5.74, 6) is 0.890. The first-order valence-corrected chi connectivity index (χ1v) is 5.97. The largest absolute Gasteiger partial charge is 0.350 e. The molecule has 0 spiro atoms. The number of aromatic nitrogens is 5. The molecule has 0 atom stereocenters. The average Bonchev–Trinajstić information content (AvgIpc) is 2.86. The predicted molar refractivity (Wildman–Crippen MR) is 65.3 cm³/mol. The maximum atomic E-state index is 12.0. The van der Waals surface area contributed by atoms with Gasteiger partial charge >= 0.3 is 5.69 Å². The van der Waals surface area contributed by atoms with Crippen LogP contribution in [0, 0.1) is 6.92 Å². The number of hydrogen-bond donors (Lipinski definition) is 0. The normalized spacial score (nSPS) is 11.2. The van der Waals surface area contributed by atoms with Gasteiger partial charge in [0.15, 0.2) is 11.5 Å². The van der Waals surface area contributed by atoms with E-state index in [0.717, 1.165) is 4.47 Å². The Hall–Kier alpha value is -1.96. The Morgan fingerprint density at radius 1 is 1.44 bits per heavy atom. The zero-order valence-corrected chi connectivity index (χ0v) is 11.0. The number of aryl methyl sites for hydroxylation is 1. The van der Waals surface area contributed by atoms with Gasteiger partial charge in [-0.25, -0.2) is 13.9 Å². The van der Waals surface area contributed by atoms with Crippen molar-refractivity contribution in [3.8, 4) is 0 Å². The lowest BCUT2D eigenvalue weighted by molar-refractivity contribution is 0.361. The van der Waals surface area contributed by atoms with Crippen molar-refractivity contribution in [2.24, 2.45) is 0 Å². The maximum Gasteiger partial charge on any atom is 0.350 e. The molecule has 7 nitrogen and oxygen atoms in total. The SMILES string of the molecule is Cc1noc(Cn2nc3ccc(Br)cn3c2=O)n1. The summed E-state index contributed by atoms with van der Waals surface area (Å²) in [4.78, 5) is 16.1. The highest BCUT2D eigenvalue weighted by Crippen LogP contribution is 2.09. The summed E-state index contributed by atoms with van der Waals surface area (Å²) in [5.41, 5.74) is 0.321. The van der Waals surface area contributed by atoms with Gasteiger partial charge in [0.25, 0.3) is 0 Å². The van der Waals surface area contributed by atoms with Gasteiger partial charge in [-0.05, 0) is 35.0 Å². The van der Waals surface area contributed by atoms with E-state index in [4.69, 9.17) is 4.52 Å². The Bertz CT molecular complexity index is 772. The Kier molecular flexibility index (Phi) is 2.51. The molecule has 0 bridgehead atoms. The number of halogens is 1. The van der Waals surface area contributed by atoms with Crippen molar-refractivity contribution in [3.05, 3.63) is 45.0 Å². The highest BCUT2D eigenvalue weighted by Gasteiger charge is 2.10. The van der Waals surface area contributed by atoms with Gasteiger partial charge in [0.05, 0.1) is 0 Å². The quantitative estimate of drug-likeness (QED) is 0.705. The van der Waals surface area contributed by atoms with Gasteiger partial charge in [-0.1, -0.05) is 5.16 Å². The van der Waals surface area contributed by atoms with E-state index in [2.05, 4.69) is 31.2 Å². The fourth-order valence-corrected chi connectivity index (χ4v) is 1.96. The van der Waals surface area contributed by atoms with Gasteiger partial charge in [0.2, 0.25) is 5.89 Å². The fourth-order valence-electron chi connectivity index (χ4n) is 1.63. The third kappa shape index (κ3) is 1.84. The standard InChI is InChI=1S/C10H8BrN5O2/c1-6-12-9(18-14-6)5-16-10(17)15-4-7(11)2-3-8(15)13-16/h2-4H,5H2,1H3. The molecule has 0 aliphatic heterocycles. The zero-order valence-electron chi connectivity index (χ0n) is 9.37. The minimum Gasteiger partial charge on any atom is -0.337 e. The summed E-state index contributed by atoms with van der Waals surface area (Å²) < 4.78 is 8.51. The van der Waals surface area contributed by atoms with Crippen LogP contribution in [0.25, 0.3) is 5.65 Å². The van der Waals surface area contributed by atoms with E-state index in [9.17, 15) is 4.79 Å². The van der Waals surface area contributed by atoms with Crippen LogP contribution in [0.3, 0.4) is 0 Å². The molecule has 0 aromatic carbocycles. The average molecular weight is 310 g/mol. The van der Waals surface area contributed by atoms with Crippen molar-refractivity contribution in [1.82, 2.24) is 24.3 Å². The smallest absolute Gasteiger partial charge is 0.337 e. The number of pyridine rings is 1. The summed E-state index contributed by atoms with van der Waals surface area (Å²) in [6.45, 7) is 1.88. The molecule has 0 amide bonds. The second-order valence-corrected chi connectivity index (χ2v) is 4.67. The molecule has 0 aliphatic carbocycles. The molecule has 0 radical (unpaired) electrons. The van der Waals surface area contributed by atoms with E-state index < -0.39 is 0 Å². The molecule has 3 heterocycles. The van der Waals surface area contributed by atoms with Crippen molar-refractivity contribution in [3.63, 3.8) is 0 Å². The van der Waals surface area contributed by atoms with Crippen LogP contribution >= 0.6 is 15.9 Å². The first-order chi connectivity index (χ1) is 8.63. The number of nitrogens with zero attached hydrogens (tertiary/aromatic N) is 5. The highest BCUT2D eigenvalue weighted by atomic mass is 79.9. The molecule has 0 saturated carbocycles. The van der Waals surface area contributed by atoms with Gasteiger partial charge in [0.1, 0.15) is 6.54 Å². The van der Waals surface area contributed by atoms with Gasteiger partial charge in [-0.2, -0.15) is 4.98 Å². The lowest BCUT2D eigenvalue weighted by atomic mass is 10.5. The summed E-state index contributed by atoms with van der Waals surface area (Å²) in [6.07, 6.45) is 1.67. The van der Waals surface area contributed by atoms with Crippen LogP contribution in [-0.2, 0) is 6.54 Å². The number of hydrogen-bond acceptors (Lipinski definition) is 5. The molecule has 3 aromatic heterocycles. The predicted octanol–water partition coefficient (Wildman–Crippen LogP) is 0.998. The monoisotopic (exact) mass is 309 g/mol. The van der Waals surface area contributed by atoms with E-state index >= 15 is 0 Å². The number of fused-ring (bicyclic) bond motifs is 1. The Morgan fingerprint density at radius 3 is 3.00 bits per heavy atom. The highest BCUT2D eigenvalue weighted by molar-refractivity contribution is 9.10. The van der Waals surface area contributed by atoms with E-state index in [1.54, 1.807) is 19.2 Å². The summed E-state index contributed by atoms with van der Waals surface area (Å²) in [5, 5.41) is 7.84. The Balaban J connectivity index is 2.07. The van der Waals surface area contributed by atoms with Crippen molar-refractivity contribution >= 4 is 21.6 Å². The van der Waals surface area contributed by atoms with Crippen molar-refractivity contribution in [1.29, 1.82) is 0 Å². The molecule has 8 heteroatoms. The van der Waals surface area contributed by atoms with Crippen LogP contribution in [0.5, 0.6) is 0 Å². The molecule has 18 heavy (non-hydrogen) atoms. The van der Waals surface area contributed by atoms with Gasteiger partial charge in [-0.3, -0.25) is 0 Å². The molecule has 3 rings (SSSR count). The van der Waals surface area contributed by atoms with Crippen LogP contribution in [0.2, 0.25) is 0 Å². The minimum atomic E-state index is -0.248. The summed E-state index contributed by atoms with van der Waals surface area (Å²) >= 11 is 3.31. The first kappa shape index (κ1) is 11.1. The molecular weight excluding hydrogens is 302 g/mol. The summed E-state index contributed by atoms with van der Waals surface area (Å²) in [6, 6.07) is 3.57. The molecule has 0 fully saturated rings. The van der Waals surface area contributed by atoms with Crippen LogP contribution in [-0.4, -0.2) is 24.3 Å². The first-order valence-electron chi connectivity index (χ1n) is 5.17. The van der Waals surface area contributed by atoms with Crippen molar-refractivity contribution in [2.75, 3.05) is 0 Å². The molecule has 0 aliphatic rings. The zero-order chi connectivity index (χ0) is 12.7. The van der Waals surface area contributed by atoms with E-state index in [1.807, 2.05) is 6.07 Å². The minimum absolute atomic E-state index is 0.166. The number of rotatable bonds is 2. The van der Waals surface area contributed by atoms with Crippen LogP contribution in [0.4, 0.5) is 0 Å². The van der Waals surface area contributed by atoms with Crippen LogP contribution in [0.15, 0.2) is 32.1 Å². The van der Waals surface area contributed by atoms with E-state index in [0.29, 0.717) is 17.4 Å². The lowest BCUT2D eigenvalue weighted by Gasteiger charge is -1.91. The third-order valence-corrected chi connectivity index (χ3v) is 2.86. The molecular formula is C10H8BrN5O2. The second kappa shape index (κ2) is 4.05. The Morgan fingerprint density at radius 2 is 2.28 bits per heavy atom. The summed E-state index contributed by atoms with van der Waals surface area (Å²) in [7, 11) is 0. The molecule has 3 aromatic rings. The van der Waals surface area contributed by atoms with E-state index in [1.165, 1.54) is 9.08 Å². The second-order valence-electron chi connectivity index (χ2n) is 3.75. The Labute approximate surface area is 109 Å². The van der Waals surface area contributed by atoms with Gasteiger partial charge in [-0.15, -0.1) is 5.10 Å². The molecule has 0 N–H and O–H groups in total. The van der Waals surface area contributed by atoms with E-state index in [-0.39, 0.29) is 12.2 Å². The molecule has 0 unspecified atom stereocenters. The molecule has 0 saturated heterocycles.